The average Bonchev–Trinajstić information content (AvgIpc) is 3.24. The minimum Gasteiger partial charge on any atom is -0.391 e. The molecule has 0 saturated carbocycles. The summed E-state index contributed by atoms with van der Waals surface area (Å²) in [7, 11) is 0. The largest absolute Gasteiger partial charge is 0.391 e. The number of rotatable bonds is 5. The van der Waals surface area contributed by atoms with Gasteiger partial charge in [-0.1, -0.05) is 45.0 Å². The Labute approximate surface area is 176 Å². The van der Waals surface area contributed by atoms with Crippen molar-refractivity contribution in [1.29, 1.82) is 0 Å². The normalized spacial score (nSPS) is 19.4. The van der Waals surface area contributed by atoms with Gasteiger partial charge in [0.15, 0.2) is 0 Å². The number of aliphatic hydroxyl groups excluding tert-OH is 1. The van der Waals surface area contributed by atoms with Crippen LogP contribution in [0.3, 0.4) is 0 Å². The molecule has 1 aromatic heterocycles. The van der Waals surface area contributed by atoms with Crippen LogP contribution in [-0.2, 0) is 16.1 Å². The summed E-state index contributed by atoms with van der Waals surface area (Å²) in [5.41, 5.74) is 4.77. The molecule has 1 unspecified atom stereocenters. The van der Waals surface area contributed by atoms with Crippen molar-refractivity contribution < 1.29 is 14.7 Å². The lowest BCUT2D eigenvalue weighted by Crippen LogP contribution is -2.46. The number of carbonyl (C=O) groups excluding carboxylic acids is 2. The molecule has 156 valence electrons. The van der Waals surface area contributed by atoms with Gasteiger partial charge in [0.2, 0.25) is 11.8 Å². The lowest BCUT2D eigenvalue weighted by molar-refractivity contribution is -0.140. The molecule has 2 N–H and O–H groups in total. The fraction of sp³-hybridized carbons (Fsp3) is 0.500. The molecule has 1 fully saturated rings. The van der Waals surface area contributed by atoms with Crippen LogP contribution in [0.25, 0.3) is 10.4 Å². The molecule has 2 amide bonds. The van der Waals surface area contributed by atoms with Crippen LogP contribution in [-0.4, -0.2) is 45.5 Å². The van der Waals surface area contributed by atoms with Gasteiger partial charge in [-0.25, -0.2) is 4.98 Å². The van der Waals surface area contributed by atoms with Gasteiger partial charge in [-0.3, -0.25) is 9.59 Å². The number of hydrogen-bond donors (Lipinski definition) is 2. The van der Waals surface area contributed by atoms with E-state index in [1.807, 2.05) is 57.5 Å². The van der Waals surface area contributed by atoms with Crippen LogP contribution >= 0.6 is 11.3 Å². The Balaban J connectivity index is 1.60. The highest BCUT2D eigenvalue weighted by molar-refractivity contribution is 7.13. The second kappa shape index (κ2) is 8.63. The smallest absolute Gasteiger partial charge is 0.243 e. The van der Waals surface area contributed by atoms with Crippen LogP contribution < -0.4 is 5.32 Å². The number of β-amino-alcohol motifs (C(OH)–C–C–N with tert-alkyl or cyclic N) is 1. The first-order chi connectivity index (χ1) is 13.6. The highest BCUT2D eigenvalue weighted by Crippen LogP contribution is 2.27. The van der Waals surface area contributed by atoms with Crippen LogP contribution in [0.2, 0.25) is 0 Å². The van der Waals surface area contributed by atoms with E-state index < -0.39 is 12.1 Å². The van der Waals surface area contributed by atoms with E-state index in [9.17, 15) is 14.7 Å². The van der Waals surface area contributed by atoms with Crippen molar-refractivity contribution >= 4 is 23.2 Å². The summed E-state index contributed by atoms with van der Waals surface area (Å²) in [4.78, 5) is 32.3. The molecule has 3 rings (SSSR count). The summed E-state index contributed by atoms with van der Waals surface area (Å²) in [6.07, 6.45) is -0.0237. The van der Waals surface area contributed by atoms with Gasteiger partial charge in [0.1, 0.15) is 6.04 Å². The van der Waals surface area contributed by atoms with E-state index in [1.54, 1.807) is 11.3 Å². The second-order valence-corrected chi connectivity index (χ2v) is 9.73. The highest BCUT2D eigenvalue weighted by Gasteiger charge is 2.39. The molecular formula is C22H29N3O3S. The number of hydrogen-bond acceptors (Lipinski definition) is 5. The van der Waals surface area contributed by atoms with Gasteiger partial charge in [0.25, 0.3) is 0 Å². The summed E-state index contributed by atoms with van der Waals surface area (Å²) >= 11 is 1.61. The Bertz CT molecular complexity index is 870. The number of amides is 2. The molecule has 0 spiro atoms. The van der Waals surface area contributed by atoms with Crippen molar-refractivity contribution in [2.45, 2.75) is 59.2 Å². The number of likely N-dealkylation sites (tertiary alicyclic amines) is 1. The lowest BCUT2D eigenvalue weighted by Gasteiger charge is -2.27. The van der Waals surface area contributed by atoms with Gasteiger partial charge in [0.05, 0.1) is 22.2 Å². The summed E-state index contributed by atoms with van der Waals surface area (Å²) in [6.45, 7) is 8.56. The third-order valence-electron chi connectivity index (χ3n) is 5.01. The zero-order valence-corrected chi connectivity index (χ0v) is 18.3. The van der Waals surface area contributed by atoms with Crippen LogP contribution in [0.1, 0.15) is 44.9 Å². The maximum atomic E-state index is 12.7. The third kappa shape index (κ3) is 5.42. The number of aliphatic hydroxyl groups is 1. The topological polar surface area (TPSA) is 82.5 Å². The molecule has 2 heterocycles. The van der Waals surface area contributed by atoms with Crippen molar-refractivity contribution in [3.63, 3.8) is 0 Å². The van der Waals surface area contributed by atoms with E-state index in [0.717, 1.165) is 21.7 Å². The molecule has 0 aliphatic carbocycles. The van der Waals surface area contributed by atoms with E-state index in [1.165, 1.54) is 4.90 Å². The SMILES string of the molecule is Cc1ncsc1-c1ccc(CNC(=O)C2C[C@@H](O)CN2C(=O)CC(C)(C)C)cc1. The molecule has 2 atom stereocenters. The fourth-order valence-corrected chi connectivity index (χ4v) is 4.36. The van der Waals surface area contributed by atoms with Crippen molar-refractivity contribution in [3.05, 3.63) is 41.0 Å². The second-order valence-electron chi connectivity index (χ2n) is 8.87. The van der Waals surface area contributed by atoms with Crippen molar-refractivity contribution in [2.24, 2.45) is 5.41 Å². The average molecular weight is 416 g/mol. The third-order valence-corrected chi connectivity index (χ3v) is 5.99. The monoisotopic (exact) mass is 415 g/mol. The molecule has 6 nitrogen and oxygen atoms in total. The van der Waals surface area contributed by atoms with Gasteiger partial charge in [-0.15, -0.1) is 11.3 Å². The molecule has 1 aliphatic rings. The number of thiazole rings is 1. The van der Waals surface area contributed by atoms with Crippen LogP contribution in [0.4, 0.5) is 0 Å². The van der Waals surface area contributed by atoms with Gasteiger partial charge in [-0.2, -0.15) is 0 Å². The van der Waals surface area contributed by atoms with E-state index in [0.29, 0.717) is 13.0 Å². The zero-order valence-electron chi connectivity index (χ0n) is 17.4. The minimum absolute atomic E-state index is 0.0847. The van der Waals surface area contributed by atoms with Gasteiger partial charge in [0, 0.05) is 25.9 Å². The van der Waals surface area contributed by atoms with Crippen LogP contribution in [0.15, 0.2) is 29.8 Å². The van der Waals surface area contributed by atoms with Crippen LogP contribution in [0, 0.1) is 12.3 Å². The van der Waals surface area contributed by atoms with Gasteiger partial charge < -0.3 is 15.3 Å². The molecule has 1 saturated heterocycles. The first-order valence-corrected chi connectivity index (χ1v) is 10.8. The number of nitrogens with one attached hydrogen (secondary N) is 1. The Morgan fingerprint density at radius 3 is 2.55 bits per heavy atom. The first-order valence-electron chi connectivity index (χ1n) is 9.89. The molecule has 29 heavy (non-hydrogen) atoms. The Morgan fingerprint density at radius 2 is 1.97 bits per heavy atom. The van der Waals surface area contributed by atoms with E-state index in [4.69, 9.17) is 0 Å². The number of benzene rings is 1. The summed E-state index contributed by atoms with van der Waals surface area (Å²) in [5, 5.41) is 12.9. The molecule has 0 radical (unpaired) electrons. The maximum Gasteiger partial charge on any atom is 0.243 e. The van der Waals surface area contributed by atoms with Gasteiger partial charge in [-0.05, 0) is 23.5 Å². The van der Waals surface area contributed by atoms with Crippen molar-refractivity contribution in [1.82, 2.24) is 15.2 Å². The molecule has 7 heteroatoms. The number of carbonyl (C=O) groups is 2. The van der Waals surface area contributed by atoms with Crippen molar-refractivity contribution in [2.75, 3.05) is 6.54 Å². The van der Waals surface area contributed by atoms with Crippen LogP contribution in [0.5, 0.6) is 0 Å². The Morgan fingerprint density at radius 1 is 1.28 bits per heavy atom. The highest BCUT2D eigenvalue weighted by atomic mass is 32.1. The van der Waals surface area contributed by atoms with Gasteiger partial charge >= 0.3 is 0 Å². The molecule has 0 bridgehead atoms. The summed E-state index contributed by atoms with van der Waals surface area (Å²) < 4.78 is 0. The Kier molecular flexibility index (Phi) is 6.39. The standard InChI is InChI=1S/C22H29N3O3S/c1-14-20(29-13-24-14)16-7-5-15(6-8-16)11-23-21(28)18-9-17(26)12-25(18)19(27)10-22(2,3)4/h5-8,13,17-18,26H,9-12H2,1-4H3,(H,23,28)/t17-,18?/m1/s1. The maximum absolute atomic E-state index is 12.7. The number of nitrogens with zero attached hydrogens (tertiary/aromatic N) is 2. The predicted molar refractivity (Wildman–Crippen MR) is 114 cm³/mol. The molecular weight excluding hydrogens is 386 g/mol. The fourth-order valence-electron chi connectivity index (χ4n) is 3.55. The van der Waals surface area contributed by atoms with E-state index in [-0.39, 0.29) is 30.2 Å². The molecule has 1 aromatic carbocycles. The van der Waals surface area contributed by atoms with E-state index >= 15 is 0 Å². The predicted octanol–water partition coefficient (Wildman–Crippen LogP) is 3.13. The molecule has 1 aliphatic heterocycles. The Hall–Kier alpha value is -2.25. The number of aryl methyl sites for hydroxylation is 1. The lowest BCUT2D eigenvalue weighted by atomic mass is 9.91. The van der Waals surface area contributed by atoms with E-state index in [2.05, 4.69) is 10.3 Å². The zero-order chi connectivity index (χ0) is 21.2. The summed E-state index contributed by atoms with van der Waals surface area (Å²) in [6, 6.07) is 7.42. The van der Waals surface area contributed by atoms with Crippen molar-refractivity contribution in [3.8, 4) is 10.4 Å². The first kappa shape index (κ1) is 21.5. The summed E-state index contributed by atoms with van der Waals surface area (Å²) in [5.74, 6) is -0.301. The quantitative estimate of drug-likeness (QED) is 0.786. The number of aromatic nitrogens is 1. The molecule has 2 aromatic rings. The minimum atomic E-state index is -0.656.